The van der Waals surface area contributed by atoms with E-state index in [1.165, 1.54) is 5.56 Å². The highest BCUT2D eigenvalue weighted by molar-refractivity contribution is 5.59. The molecular weight excluding hydrogens is 236 g/mol. The van der Waals surface area contributed by atoms with Gasteiger partial charge in [-0.1, -0.05) is 34.6 Å². The summed E-state index contributed by atoms with van der Waals surface area (Å²) in [4.78, 5) is 8.82. The van der Waals surface area contributed by atoms with Gasteiger partial charge in [0.15, 0.2) is 0 Å². The van der Waals surface area contributed by atoms with Gasteiger partial charge in [-0.05, 0) is 25.2 Å². The Kier molecular flexibility index (Phi) is 6.06. The molecule has 0 fully saturated rings. The van der Waals surface area contributed by atoms with Gasteiger partial charge in [0, 0.05) is 18.2 Å². The Morgan fingerprint density at radius 1 is 1.05 bits per heavy atom. The number of anilines is 2. The lowest BCUT2D eigenvalue weighted by atomic mass is 10.00. The van der Waals surface area contributed by atoms with Gasteiger partial charge in [-0.2, -0.15) is 0 Å². The van der Waals surface area contributed by atoms with Crippen molar-refractivity contribution in [1.82, 2.24) is 9.97 Å². The molecule has 0 radical (unpaired) electrons. The molecule has 0 amide bonds. The van der Waals surface area contributed by atoms with E-state index in [0.717, 1.165) is 24.6 Å². The van der Waals surface area contributed by atoms with Crippen molar-refractivity contribution in [2.24, 2.45) is 5.92 Å². The Bertz CT molecular complexity index is 388. The number of hydrogen-bond acceptors (Lipinski definition) is 4. The fraction of sp³-hybridized carbons (Fsp3) is 0.733. The van der Waals surface area contributed by atoms with E-state index in [2.05, 4.69) is 62.1 Å². The van der Waals surface area contributed by atoms with E-state index in [4.69, 9.17) is 0 Å². The van der Waals surface area contributed by atoms with Crippen LogP contribution in [0.15, 0.2) is 6.33 Å². The molecule has 0 aliphatic carbocycles. The van der Waals surface area contributed by atoms with Crippen molar-refractivity contribution < 1.29 is 0 Å². The lowest BCUT2D eigenvalue weighted by molar-refractivity contribution is 0.509. The third-order valence-electron chi connectivity index (χ3n) is 3.37. The summed E-state index contributed by atoms with van der Waals surface area (Å²) in [6, 6.07) is 0.446. The zero-order valence-electron chi connectivity index (χ0n) is 13.1. The summed E-state index contributed by atoms with van der Waals surface area (Å²) in [5, 5.41) is 6.91. The average molecular weight is 264 g/mol. The van der Waals surface area contributed by atoms with Crippen LogP contribution in [-0.4, -0.2) is 22.6 Å². The van der Waals surface area contributed by atoms with Gasteiger partial charge in [0.2, 0.25) is 0 Å². The molecule has 0 saturated carbocycles. The summed E-state index contributed by atoms with van der Waals surface area (Å²) in [6.45, 7) is 14.0. The summed E-state index contributed by atoms with van der Waals surface area (Å²) in [5.74, 6) is 2.90. The second-order valence-electron chi connectivity index (χ2n) is 5.57. The molecule has 0 aliphatic rings. The molecule has 1 unspecified atom stereocenters. The van der Waals surface area contributed by atoms with Gasteiger partial charge in [-0.15, -0.1) is 0 Å². The Morgan fingerprint density at radius 2 is 1.68 bits per heavy atom. The highest BCUT2D eigenvalue weighted by Gasteiger charge is 2.18. The molecular formula is C15H28N4. The van der Waals surface area contributed by atoms with E-state index < -0.39 is 0 Å². The van der Waals surface area contributed by atoms with E-state index in [-0.39, 0.29) is 0 Å². The van der Waals surface area contributed by atoms with Gasteiger partial charge in [-0.3, -0.25) is 0 Å². The van der Waals surface area contributed by atoms with E-state index in [9.17, 15) is 0 Å². The molecule has 2 N–H and O–H groups in total. The van der Waals surface area contributed by atoms with Gasteiger partial charge in [-0.25, -0.2) is 9.97 Å². The largest absolute Gasteiger partial charge is 0.370 e. The first-order valence-electron chi connectivity index (χ1n) is 7.36. The predicted molar refractivity (Wildman–Crippen MR) is 82.8 cm³/mol. The maximum atomic E-state index is 4.45. The van der Waals surface area contributed by atoms with Crippen LogP contribution in [0.25, 0.3) is 0 Å². The van der Waals surface area contributed by atoms with Gasteiger partial charge in [0.25, 0.3) is 0 Å². The fourth-order valence-corrected chi connectivity index (χ4v) is 2.28. The molecule has 0 aliphatic heterocycles. The van der Waals surface area contributed by atoms with Crippen LogP contribution in [0.1, 0.15) is 59.4 Å². The number of nitrogens with one attached hydrogen (secondary N) is 2. The summed E-state index contributed by atoms with van der Waals surface area (Å²) >= 11 is 0. The Balaban J connectivity index is 3.08. The van der Waals surface area contributed by atoms with Crippen molar-refractivity contribution in [1.29, 1.82) is 0 Å². The number of hydrogen-bond donors (Lipinski definition) is 2. The average Bonchev–Trinajstić information content (AvgIpc) is 2.35. The van der Waals surface area contributed by atoms with Crippen molar-refractivity contribution >= 4 is 11.6 Å². The monoisotopic (exact) mass is 264 g/mol. The zero-order chi connectivity index (χ0) is 14.4. The molecule has 1 heterocycles. The van der Waals surface area contributed by atoms with Gasteiger partial charge >= 0.3 is 0 Å². The zero-order valence-corrected chi connectivity index (χ0v) is 13.1. The number of rotatable bonds is 7. The third-order valence-corrected chi connectivity index (χ3v) is 3.37. The number of nitrogens with zero attached hydrogens (tertiary/aromatic N) is 2. The Morgan fingerprint density at radius 3 is 2.16 bits per heavy atom. The molecule has 0 saturated heterocycles. The molecule has 19 heavy (non-hydrogen) atoms. The maximum absolute atomic E-state index is 4.45. The van der Waals surface area contributed by atoms with E-state index in [1.807, 2.05) is 0 Å². The smallest absolute Gasteiger partial charge is 0.135 e. The van der Waals surface area contributed by atoms with Crippen LogP contribution in [0.4, 0.5) is 11.6 Å². The summed E-state index contributed by atoms with van der Waals surface area (Å²) in [6.07, 6.45) is 2.73. The topological polar surface area (TPSA) is 49.8 Å². The molecule has 0 spiro atoms. The third kappa shape index (κ3) is 4.08. The van der Waals surface area contributed by atoms with Crippen LogP contribution in [0.2, 0.25) is 0 Å². The van der Waals surface area contributed by atoms with Crippen LogP contribution < -0.4 is 10.6 Å². The molecule has 4 heteroatoms. The van der Waals surface area contributed by atoms with Gasteiger partial charge in [0.05, 0.1) is 0 Å². The van der Waals surface area contributed by atoms with Crippen LogP contribution in [0, 0.1) is 5.92 Å². The fourth-order valence-electron chi connectivity index (χ4n) is 2.28. The van der Waals surface area contributed by atoms with Gasteiger partial charge < -0.3 is 10.6 Å². The highest BCUT2D eigenvalue weighted by Crippen LogP contribution is 2.29. The van der Waals surface area contributed by atoms with Crippen LogP contribution in [0.5, 0.6) is 0 Å². The molecule has 1 aromatic rings. The Labute approximate surface area is 117 Å². The minimum absolute atomic E-state index is 0.391. The quantitative estimate of drug-likeness (QED) is 0.784. The molecule has 1 rings (SSSR count). The van der Waals surface area contributed by atoms with E-state index in [0.29, 0.717) is 17.9 Å². The van der Waals surface area contributed by atoms with E-state index >= 15 is 0 Å². The normalized spacial score (nSPS) is 12.8. The number of aromatic nitrogens is 2. The Hall–Kier alpha value is -1.32. The molecule has 1 aromatic heterocycles. The lowest BCUT2D eigenvalue weighted by Gasteiger charge is -2.24. The predicted octanol–water partition coefficient (Wildman–Crippen LogP) is 3.88. The molecule has 108 valence electrons. The first-order chi connectivity index (χ1) is 9.01. The SMILES string of the molecule is CCNc1ncnc(NC(CC)C(C)C)c1C(C)C. The van der Waals surface area contributed by atoms with Crippen LogP contribution in [0.3, 0.4) is 0 Å². The second-order valence-corrected chi connectivity index (χ2v) is 5.57. The second kappa shape index (κ2) is 7.31. The lowest BCUT2D eigenvalue weighted by Crippen LogP contribution is -2.26. The summed E-state index contributed by atoms with van der Waals surface area (Å²) in [7, 11) is 0. The van der Waals surface area contributed by atoms with Crippen molar-refractivity contribution in [2.75, 3.05) is 17.2 Å². The molecule has 4 nitrogen and oxygen atoms in total. The highest BCUT2D eigenvalue weighted by atomic mass is 15.1. The standard InChI is InChI=1S/C15H28N4/c1-7-12(10(3)4)19-15-13(11(5)6)14(16-8-2)17-9-18-15/h9-12H,7-8H2,1-6H3,(H2,16,17,18,19). The molecule has 0 bridgehead atoms. The summed E-state index contributed by atoms with van der Waals surface area (Å²) in [5.41, 5.74) is 1.18. The van der Waals surface area contributed by atoms with Crippen molar-refractivity contribution in [3.8, 4) is 0 Å². The van der Waals surface area contributed by atoms with Crippen molar-refractivity contribution in [2.45, 2.75) is 59.9 Å². The van der Waals surface area contributed by atoms with E-state index in [1.54, 1.807) is 6.33 Å². The first kappa shape index (κ1) is 15.7. The van der Waals surface area contributed by atoms with Crippen LogP contribution >= 0.6 is 0 Å². The summed E-state index contributed by atoms with van der Waals surface area (Å²) < 4.78 is 0. The van der Waals surface area contributed by atoms with Gasteiger partial charge in [0.1, 0.15) is 18.0 Å². The minimum atomic E-state index is 0.391. The first-order valence-corrected chi connectivity index (χ1v) is 7.36. The maximum Gasteiger partial charge on any atom is 0.135 e. The van der Waals surface area contributed by atoms with Crippen LogP contribution in [-0.2, 0) is 0 Å². The van der Waals surface area contributed by atoms with Crippen molar-refractivity contribution in [3.63, 3.8) is 0 Å². The van der Waals surface area contributed by atoms with Crippen molar-refractivity contribution in [3.05, 3.63) is 11.9 Å². The molecule has 1 atom stereocenters. The minimum Gasteiger partial charge on any atom is -0.370 e. The molecule has 0 aromatic carbocycles.